The third-order valence-electron chi connectivity index (χ3n) is 1.36. The number of phenols is 1. The molecule has 5 N–H and O–H groups in total. The molecule has 0 fully saturated rings. The molecule has 0 heterocycles. The van der Waals surface area contributed by atoms with Crippen LogP contribution in [0, 0.1) is 0 Å². The number of anilines is 1. The number of para-hydroxylation sites is 1. The quantitative estimate of drug-likeness (QED) is 0.277. The van der Waals surface area contributed by atoms with Crippen LogP contribution < -0.4 is 11.0 Å². The predicted octanol–water partition coefficient (Wildman–Crippen LogP) is -0.223. The fraction of sp³-hybridized carbons (Fsp3) is 0. The van der Waals surface area contributed by atoms with E-state index in [1.165, 1.54) is 12.1 Å². The van der Waals surface area contributed by atoms with Gasteiger partial charge in [0, 0.05) is 0 Å². The van der Waals surface area contributed by atoms with Gasteiger partial charge in [0.05, 0.1) is 5.69 Å². The SMILES string of the molecule is Nc1cccc(P(=O)(O)O)c1O. The van der Waals surface area contributed by atoms with Crippen LogP contribution in [-0.4, -0.2) is 14.9 Å². The summed E-state index contributed by atoms with van der Waals surface area (Å²) in [5.74, 6) is -0.550. The lowest BCUT2D eigenvalue weighted by Crippen LogP contribution is -2.05. The Morgan fingerprint density at radius 2 is 1.92 bits per heavy atom. The van der Waals surface area contributed by atoms with Gasteiger partial charge in [-0.25, -0.2) is 0 Å². The van der Waals surface area contributed by atoms with E-state index in [2.05, 4.69) is 0 Å². The topological polar surface area (TPSA) is 104 Å². The molecule has 0 aromatic heterocycles. The van der Waals surface area contributed by atoms with Gasteiger partial charge in [-0.1, -0.05) is 6.07 Å². The van der Waals surface area contributed by atoms with Gasteiger partial charge in [-0.2, -0.15) is 0 Å². The lowest BCUT2D eigenvalue weighted by molar-refractivity contribution is 0.384. The zero-order valence-corrected chi connectivity index (χ0v) is 6.90. The Labute approximate surface area is 68.6 Å². The van der Waals surface area contributed by atoms with Gasteiger partial charge in [0.25, 0.3) is 0 Å². The molecule has 0 saturated heterocycles. The number of rotatable bonds is 1. The highest BCUT2D eigenvalue weighted by atomic mass is 31.2. The van der Waals surface area contributed by atoms with Crippen molar-refractivity contribution in [3.63, 3.8) is 0 Å². The van der Waals surface area contributed by atoms with Crippen molar-refractivity contribution in [2.75, 3.05) is 5.73 Å². The lowest BCUT2D eigenvalue weighted by Gasteiger charge is -2.07. The molecule has 0 aliphatic carbocycles. The maximum absolute atomic E-state index is 10.7. The van der Waals surface area contributed by atoms with Gasteiger partial charge in [0.1, 0.15) is 5.30 Å². The summed E-state index contributed by atoms with van der Waals surface area (Å²) in [7, 11) is -4.41. The fourth-order valence-corrected chi connectivity index (χ4v) is 1.47. The summed E-state index contributed by atoms with van der Waals surface area (Å²) in [6.45, 7) is 0. The predicted molar refractivity (Wildman–Crippen MR) is 44.2 cm³/mol. The Bertz CT molecular complexity index is 345. The summed E-state index contributed by atoms with van der Waals surface area (Å²) in [4.78, 5) is 17.4. The molecule has 0 saturated carbocycles. The van der Waals surface area contributed by atoms with Crippen molar-refractivity contribution in [2.45, 2.75) is 0 Å². The summed E-state index contributed by atoms with van der Waals surface area (Å²) >= 11 is 0. The van der Waals surface area contributed by atoms with Gasteiger partial charge in [-0.15, -0.1) is 0 Å². The van der Waals surface area contributed by atoms with Crippen molar-refractivity contribution in [1.82, 2.24) is 0 Å². The Morgan fingerprint density at radius 1 is 1.33 bits per heavy atom. The molecule has 0 aliphatic rings. The van der Waals surface area contributed by atoms with Gasteiger partial charge in [0.15, 0.2) is 5.75 Å². The normalized spacial score (nSPS) is 11.5. The van der Waals surface area contributed by atoms with Crippen molar-refractivity contribution in [1.29, 1.82) is 0 Å². The van der Waals surface area contributed by atoms with Gasteiger partial charge < -0.3 is 20.6 Å². The number of benzene rings is 1. The van der Waals surface area contributed by atoms with Crippen LogP contribution in [0.3, 0.4) is 0 Å². The van der Waals surface area contributed by atoms with E-state index in [0.29, 0.717) is 0 Å². The van der Waals surface area contributed by atoms with Crippen molar-refractivity contribution in [2.24, 2.45) is 0 Å². The first-order valence-electron chi connectivity index (χ1n) is 3.06. The molecule has 0 aliphatic heterocycles. The smallest absolute Gasteiger partial charge is 0.360 e. The highest BCUT2D eigenvalue weighted by Gasteiger charge is 2.22. The molecule has 0 bridgehead atoms. The molecule has 1 aromatic rings. The molecule has 0 amide bonds. The molecule has 66 valence electrons. The largest absolute Gasteiger partial charge is 0.505 e. The number of hydrogen-bond donors (Lipinski definition) is 4. The van der Waals surface area contributed by atoms with E-state index in [1.807, 2.05) is 0 Å². The molecule has 5 nitrogen and oxygen atoms in total. The van der Waals surface area contributed by atoms with E-state index in [0.717, 1.165) is 6.07 Å². The molecule has 0 radical (unpaired) electrons. The van der Waals surface area contributed by atoms with Crippen LogP contribution in [0.1, 0.15) is 0 Å². The second kappa shape index (κ2) is 2.79. The molecule has 12 heavy (non-hydrogen) atoms. The number of nitrogen functional groups attached to an aromatic ring is 1. The van der Waals surface area contributed by atoms with E-state index in [1.54, 1.807) is 0 Å². The third kappa shape index (κ3) is 1.58. The second-order valence-corrected chi connectivity index (χ2v) is 3.83. The summed E-state index contributed by atoms with van der Waals surface area (Å²) in [6.07, 6.45) is 0. The Morgan fingerprint density at radius 3 is 2.33 bits per heavy atom. The van der Waals surface area contributed by atoms with Gasteiger partial charge >= 0.3 is 7.60 Å². The van der Waals surface area contributed by atoms with Crippen LogP contribution in [0.4, 0.5) is 5.69 Å². The van der Waals surface area contributed by atoms with Gasteiger partial charge in [0.2, 0.25) is 0 Å². The van der Waals surface area contributed by atoms with Crippen LogP contribution in [0.2, 0.25) is 0 Å². The third-order valence-corrected chi connectivity index (χ3v) is 2.35. The standard InChI is InChI=1S/C6H8NO4P/c7-4-2-1-3-5(6(4)8)12(9,10)11/h1-3,8H,7H2,(H2,9,10,11). The summed E-state index contributed by atoms with van der Waals surface area (Å²) in [5, 5.41) is 8.67. The molecule has 0 spiro atoms. The van der Waals surface area contributed by atoms with Crippen molar-refractivity contribution in [3.05, 3.63) is 18.2 Å². The average Bonchev–Trinajstić information content (AvgIpc) is 1.92. The highest BCUT2D eigenvalue weighted by molar-refractivity contribution is 7.60. The monoisotopic (exact) mass is 189 g/mol. The molecule has 0 atom stereocenters. The average molecular weight is 189 g/mol. The van der Waals surface area contributed by atoms with Crippen molar-refractivity contribution < 1.29 is 19.5 Å². The summed E-state index contributed by atoms with van der Waals surface area (Å²) in [5.41, 5.74) is 5.18. The van der Waals surface area contributed by atoms with Gasteiger partial charge in [-0.05, 0) is 12.1 Å². The summed E-state index contributed by atoms with van der Waals surface area (Å²) in [6, 6.07) is 3.85. The maximum Gasteiger partial charge on any atom is 0.360 e. The minimum Gasteiger partial charge on any atom is -0.505 e. The van der Waals surface area contributed by atoms with Crippen LogP contribution in [0.25, 0.3) is 0 Å². The van der Waals surface area contributed by atoms with E-state index < -0.39 is 18.6 Å². The molecule has 1 aromatic carbocycles. The van der Waals surface area contributed by atoms with Crippen LogP contribution in [0.5, 0.6) is 5.75 Å². The Balaban J connectivity index is 3.36. The number of phenolic OH excluding ortho intramolecular Hbond substituents is 1. The molecular formula is C6H8NO4P. The van der Waals surface area contributed by atoms with Crippen LogP contribution in [-0.2, 0) is 4.57 Å². The van der Waals surface area contributed by atoms with Crippen LogP contribution in [0.15, 0.2) is 18.2 Å². The molecular weight excluding hydrogens is 181 g/mol. The molecule has 6 heteroatoms. The first-order chi connectivity index (χ1) is 5.43. The number of nitrogens with two attached hydrogens (primary N) is 1. The zero-order valence-electron chi connectivity index (χ0n) is 6.01. The van der Waals surface area contributed by atoms with E-state index >= 15 is 0 Å². The number of hydrogen-bond acceptors (Lipinski definition) is 3. The van der Waals surface area contributed by atoms with Crippen molar-refractivity contribution in [3.8, 4) is 5.75 Å². The Kier molecular flexibility index (Phi) is 2.10. The maximum atomic E-state index is 10.7. The minimum absolute atomic E-state index is 0.0455. The van der Waals surface area contributed by atoms with Crippen LogP contribution >= 0.6 is 7.60 Å². The molecule has 1 rings (SSSR count). The first-order valence-corrected chi connectivity index (χ1v) is 4.67. The van der Waals surface area contributed by atoms with E-state index in [-0.39, 0.29) is 5.69 Å². The van der Waals surface area contributed by atoms with E-state index in [4.69, 9.17) is 20.6 Å². The van der Waals surface area contributed by atoms with Gasteiger partial charge in [-0.3, -0.25) is 4.57 Å². The highest BCUT2D eigenvalue weighted by Crippen LogP contribution is 2.38. The van der Waals surface area contributed by atoms with Crippen molar-refractivity contribution >= 4 is 18.6 Å². The molecule has 0 unspecified atom stereocenters. The summed E-state index contributed by atoms with van der Waals surface area (Å²) < 4.78 is 10.7. The first kappa shape index (κ1) is 9.06. The minimum atomic E-state index is -4.41. The second-order valence-electron chi connectivity index (χ2n) is 2.26. The Hall–Kier alpha value is -1.03. The number of aromatic hydroxyl groups is 1. The van der Waals surface area contributed by atoms with E-state index in [9.17, 15) is 4.57 Å². The fourth-order valence-electron chi connectivity index (χ4n) is 0.784. The lowest BCUT2D eigenvalue weighted by atomic mass is 10.3. The zero-order chi connectivity index (χ0) is 9.35.